The van der Waals surface area contributed by atoms with Crippen LogP contribution in [-0.2, 0) is 4.79 Å². The van der Waals surface area contributed by atoms with Crippen molar-refractivity contribution in [1.82, 2.24) is 5.32 Å². The molecule has 2 amide bonds. The zero-order valence-electron chi connectivity index (χ0n) is 18.1. The number of hydrogen-bond acceptors (Lipinski definition) is 2. The number of aryl methyl sites for hydroxylation is 2. The lowest BCUT2D eigenvalue weighted by Gasteiger charge is -2.16. The van der Waals surface area contributed by atoms with E-state index in [1.807, 2.05) is 45.9 Å². The van der Waals surface area contributed by atoms with E-state index in [0.717, 1.165) is 24.0 Å². The number of alkyl halides is 2. The molecule has 2 aromatic carbocycles. The fourth-order valence-electron chi connectivity index (χ4n) is 3.78. The monoisotopic (exact) mass is 480 g/mol. The van der Waals surface area contributed by atoms with Gasteiger partial charge in [0.25, 0.3) is 5.91 Å². The van der Waals surface area contributed by atoms with Gasteiger partial charge in [0.1, 0.15) is 4.33 Å². The second kappa shape index (κ2) is 9.40. The molecule has 0 radical (unpaired) electrons. The summed E-state index contributed by atoms with van der Waals surface area (Å²) in [6.45, 7) is 8.07. The molecule has 0 spiro atoms. The highest BCUT2D eigenvalue weighted by Crippen LogP contribution is 2.65. The Labute approximate surface area is 198 Å². The molecule has 4 nitrogen and oxygen atoms in total. The lowest BCUT2D eigenvalue weighted by atomic mass is 10.0. The van der Waals surface area contributed by atoms with Crippen LogP contribution in [0, 0.1) is 19.8 Å². The van der Waals surface area contributed by atoms with E-state index in [2.05, 4.69) is 10.6 Å². The van der Waals surface area contributed by atoms with E-state index in [0.29, 0.717) is 16.3 Å². The van der Waals surface area contributed by atoms with Crippen LogP contribution in [-0.4, -0.2) is 22.2 Å². The largest absolute Gasteiger partial charge is 0.349 e. The fraction of sp³-hybridized carbons (Fsp3) is 0.417. The molecule has 0 aromatic heterocycles. The molecule has 1 aliphatic rings. The molecule has 2 atom stereocenters. The van der Waals surface area contributed by atoms with Crippen molar-refractivity contribution < 1.29 is 9.59 Å². The number of carbonyl (C=O) groups excluding carboxylic acids is 2. The van der Waals surface area contributed by atoms with Crippen molar-refractivity contribution in [3.63, 3.8) is 0 Å². The maximum absolute atomic E-state index is 12.9. The van der Waals surface area contributed by atoms with Crippen LogP contribution in [0.3, 0.4) is 0 Å². The number of anilines is 1. The van der Waals surface area contributed by atoms with Gasteiger partial charge in [-0.25, -0.2) is 0 Å². The standard InChI is InChI=1S/C24H27Cl3N2O2/c1-5-16(6-2)28-22(30)18-12-17(9-10-19(18)25)29-23(31)21-20(24(21,26)27)15-8-7-13(3)14(4)11-15/h7-12,16,20-21H,5-6H2,1-4H3,(H,28,30)(H,29,31). The van der Waals surface area contributed by atoms with Gasteiger partial charge in [0.05, 0.1) is 16.5 Å². The third-order valence-electron chi connectivity index (χ3n) is 6.03. The number of nitrogens with one attached hydrogen (secondary N) is 2. The summed E-state index contributed by atoms with van der Waals surface area (Å²) in [5, 5.41) is 6.13. The van der Waals surface area contributed by atoms with Gasteiger partial charge in [0.15, 0.2) is 0 Å². The lowest BCUT2D eigenvalue weighted by molar-refractivity contribution is -0.117. The Morgan fingerprint density at radius 3 is 2.32 bits per heavy atom. The molecule has 2 unspecified atom stereocenters. The molecule has 3 rings (SSSR count). The highest BCUT2D eigenvalue weighted by atomic mass is 35.5. The minimum Gasteiger partial charge on any atom is -0.349 e. The summed E-state index contributed by atoms with van der Waals surface area (Å²) in [6.07, 6.45) is 1.65. The van der Waals surface area contributed by atoms with Gasteiger partial charge in [-0.3, -0.25) is 9.59 Å². The second-order valence-corrected chi connectivity index (χ2v) is 10.00. The molecule has 166 valence electrons. The molecule has 1 fully saturated rings. The Kier molecular flexibility index (Phi) is 7.25. The van der Waals surface area contributed by atoms with Gasteiger partial charge in [-0.15, -0.1) is 23.2 Å². The Hall–Kier alpha value is -1.75. The Balaban J connectivity index is 1.76. The molecule has 2 aromatic rings. The van der Waals surface area contributed by atoms with Gasteiger partial charge >= 0.3 is 0 Å². The zero-order valence-corrected chi connectivity index (χ0v) is 20.3. The third-order valence-corrected chi connectivity index (χ3v) is 7.30. The zero-order chi connectivity index (χ0) is 22.9. The third kappa shape index (κ3) is 5.02. The molecule has 0 aliphatic heterocycles. The smallest absolute Gasteiger partial charge is 0.253 e. The van der Waals surface area contributed by atoms with Crippen molar-refractivity contribution in [2.24, 2.45) is 5.92 Å². The maximum Gasteiger partial charge on any atom is 0.253 e. The number of carbonyl (C=O) groups is 2. The summed E-state index contributed by atoms with van der Waals surface area (Å²) in [7, 11) is 0. The van der Waals surface area contributed by atoms with E-state index < -0.39 is 10.3 Å². The van der Waals surface area contributed by atoms with Gasteiger partial charge in [-0.1, -0.05) is 43.6 Å². The molecule has 0 bridgehead atoms. The number of benzene rings is 2. The first-order valence-corrected chi connectivity index (χ1v) is 11.6. The van der Waals surface area contributed by atoms with E-state index in [1.165, 1.54) is 5.56 Å². The van der Waals surface area contributed by atoms with Crippen LogP contribution in [0.2, 0.25) is 5.02 Å². The molecule has 2 N–H and O–H groups in total. The topological polar surface area (TPSA) is 58.2 Å². The SMILES string of the molecule is CCC(CC)NC(=O)c1cc(NC(=O)C2C(c3ccc(C)c(C)c3)C2(Cl)Cl)ccc1Cl. The summed E-state index contributed by atoms with van der Waals surface area (Å²) in [4.78, 5) is 25.6. The van der Waals surface area contributed by atoms with E-state index in [-0.39, 0.29) is 23.8 Å². The van der Waals surface area contributed by atoms with Crippen LogP contribution in [0.25, 0.3) is 0 Å². The van der Waals surface area contributed by atoms with Gasteiger partial charge < -0.3 is 10.6 Å². The fourth-order valence-corrected chi connectivity index (χ4v) is 4.81. The van der Waals surface area contributed by atoms with E-state index in [1.54, 1.807) is 18.2 Å². The van der Waals surface area contributed by atoms with Crippen LogP contribution in [0.4, 0.5) is 5.69 Å². The van der Waals surface area contributed by atoms with Crippen LogP contribution < -0.4 is 10.6 Å². The minimum atomic E-state index is -1.17. The van der Waals surface area contributed by atoms with E-state index in [4.69, 9.17) is 34.8 Å². The van der Waals surface area contributed by atoms with Crippen molar-refractivity contribution >= 4 is 52.3 Å². The minimum absolute atomic E-state index is 0.0696. The average Bonchev–Trinajstić information content (AvgIpc) is 3.31. The molecule has 31 heavy (non-hydrogen) atoms. The van der Waals surface area contributed by atoms with Gasteiger partial charge in [-0.2, -0.15) is 0 Å². The molecular formula is C24H27Cl3N2O2. The molecule has 0 saturated heterocycles. The number of halogens is 3. The first-order chi connectivity index (χ1) is 14.6. The van der Waals surface area contributed by atoms with Crippen molar-refractivity contribution in [2.75, 3.05) is 5.32 Å². The predicted octanol–water partition coefficient (Wildman–Crippen LogP) is 6.40. The molecule has 1 saturated carbocycles. The van der Waals surface area contributed by atoms with Gasteiger partial charge in [0.2, 0.25) is 5.91 Å². The maximum atomic E-state index is 12.9. The van der Waals surface area contributed by atoms with Crippen molar-refractivity contribution in [2.45, 2.75) is 56.8 Å². The first-order valence-electron chi connectivity index (χ1n) is 10.5. The van der Waals surface area contributed by atoms with Crippen LogP contribution in [0.15, 0.2) is 36.4 Å². The second-order valence-electron chi connectivity index (χ2n) is 8.14. The highest BCUT2D eigenvalue weighted by Gasteiger charge is 2.67. The molecule has 7 heteroatoms. The van der Waals surface area contributed by atoms with E-state index in [9.17, 15) is 9.59 Å². The van der Waals surface area contributed by atoms with Gasteiger partial charge in [-0.05, 0) is 61.6 Å². The summed E-state index contributed by atoms with van der Waals surface area (Å²) in [5.41, 5.74) is 4.02. The van der Waals surface area contributed by atoms with Gasteiger partial charge in [0, 0.05) is 17.6 Å². The molecular weight excluding hydrogens is 455 g/mol. The average molecular weight is 482 g/mol. The number of amides is 2. The van der Waals surface area contributed by atoms with Crippen LogP contribution >= 0.6 is 34.8 Å². The predicted molar refractivity (Wildman–Crippen MR) is 129 cm³/mol. The van der Waals surface area contributed by atoms with Crippen LogP contribution in [0.5, 0.6) is 0 Å². The lowest BCUT2D eigenvalue weighted by Crippen LogP contribution is -2.34. The van der Waals surface area contributed by atoms with E-state index >= 15 is 0 Å². The quantitative estimate of drug-likeness (QED) is 0.449. The first kappa shape index (κ1) is 23.9. The summed E-state index contributed by atoms with van der Waals surface area (Å²) in [6, 6.07) is 10.9. The number of hydrogen-bond donors (Lipinski definition) is 2. The Bertz CT molecular complexity index is 1000. The highest BCUT2D eigenvalue weighted by molar-refractivity contribution is 6.53. The number of rotatable bonds is 7. The summed E-state index contributed by atoms with van der Waals surface area (Å²) >= 11 is 19.2. The molecule has 1 aliphatic carbocycles. The normalized spacial score (nSPS) is 19.2. The van der Waals surface area contributed by atoms with Crippen molar-refractivity contribution in [3.05, 3.63) is 63.7 Å². The van der Waals surface area contributed by atoms with Crippen molar-refractivity contribution in [1.29, 1.82) is 0 Å². The molecule has 0 heterocycles. The van der Waals surface area contributed by atoms with Crippen molar-refractivity contribution in [3.8, 4) is 0 Å². The Morgan fingerprint density at radius 1 is 1.03 bits per heavy atom. The summed E-state index contributed by atoms with van der Waals surface area (Å²) in [5.74, 6) is -1.43. The van der Waals surface area contributed by atoms with Crippen LogP contribution in [0.1, 0.15) is 59.7 Å². The summed E-state index contributed by atoms with van der Waals surface area (Å²) < 4.78 is -1.17. The Morgan fingerprint density at radius 2 is 1.71 bits per heavy atom.